The molecule has 0 atom stereocenters. The Hall–Kier alpha value is -6.37. The Morgan fingerprint density at radius 2 is 1.32 bits per heavy atom. The van der Waals surface area contributed by atoms with Crippen molar-refractivity contribution >= 4 is 98.5 Å². The summed E-state index contributed by atoms with van der Waals surface area (Å²) in [5.41, 5.74) is -1.13. The molecule has 5 aromatic carbocycles. The van der Waals surface area contributed by atoms with Crippen molar-refractivity contribution in [3.8, 4) is 5.75 Å². The van der Waals surface area contributed by atoms with Crippen molar-refractivity contribution in [3.63, 3.8) is 0 Å². The Bertz CT molecular complexity index is 3020. The van der Waals surface area contributed by atoms with Crippen molar-refractivity contribution in [1.29, 1.82) is 0 Å². The molecule has 0 spiro atoms. The quantitative estimate of drug-likeness (QED) is 0.0238. The van der Waals surface area contributed by atoms with E-state index in [-0.39, 0.29) is 74.8 Å². The maximum atomic E-state index is 12.5. The zero-order chi connectivity index (χ0) is 43.6. The molecule has 0 aliphatic heterocycles. The fourth-order valence-corrected chi connectivity index (χ4v) is 7.46. The Labute approximate surface area is 343 Å². The number of nitrogens with one attached hydrogen (secondary N) is 3. The number of fused-ring (bicyclic) bond motifs is 2. The van der Waals surface area contributed by atoms with Gasteiger partial charge in [-0.2, -0.15) is 40.2 Å². The normalized spacial score (nSPS) is 12.5. The highest BCUT2D eigenvalue weighted by Crippen LogP contribution is 2.42. The van der Waals surface area contributed by atoms with E-state index in [0.29, 0.717) is 11.8 Å². The van der Waals surface area contributed by atoms with Gasteiger partial charge < -0.3 is 25.8 Å². The Balaban J connectivity index is 1.41. The van der Waals surface area contributed by atoms with E-state index < -0.39 is 57.3 Å². The van der Waals surface area contributed by atoms with Crippen molar-refractivity contribution in [2.75, 3.05) is 29.1 Å². The van der Waals surface area contributed by atoms with E-state index in [1.54, 1.807) is 38.1 Å². The molecule has 60 heavy (non-hydrogen) atoms. The second-order valence-corrected chi connectivity index (χ2v) is 17.8. The molecule has 0 aliphatic rings. The number of phenols is 1. The number of hydrogen-bond acceptors (Lipinski definition) is 17. The minimum absolute atomic E-state index is 0.0182. The predicted octanol–water partition coefficient (Wildman–Crippen LogP) is 6.92. The van der Waals surface area contributed by atoms with Gasteiger partial charge >= 0.3 is 5.97 Å². The van der Waals surface area contributed by atoms with Crippen LogP contribution in [0.3, 0.4) is 0 Å². The molecular formula is C37H36N8O12S3. The number of azo groups is 1. The summed E-state index contributed by atoms with van der Waals surface area (Å²) < 4.78 is 108. The summed E-state index contributed by atoms with van der Waals surface area (Å²) in [6.07, 6.45) is 0.537. The van der Waals surface area contributed by atoms with Gasteiger partial charge in [0.25, 0.3) is 30.4 Å². The average molecular weight is 881 g/mol. The van der Waals surface area contributed by atoms with E-state index >= 15 is 0 Å². The van der Waals surface area contributed by atoms with Gasteiger partial charge in [0.2, 0.25) is 17.8 Å². The number of aromatic nitrogens is 3. The first-order valence-corrected chi connectivity index (χ1v) is 21.9. The zero-order valence-electron chi connectivity index (χ0n) is 31.7. The molecule has 0 aliphatic carbocycles. The van der Waals surface area contributed by atoms with E-state index in [2.05, 4.69) is 41.1 Å². The molecule has 20 nitrogen and oxygen atoms in total. The zero-order valence-corrected chi connectivity index (χ0v) is 34.2. The van der Waals surface area contributed by atoms with E-state index in [4.69, 9.17) is 4.74 Å². The summed E-state index contributed by atoms with van der Waals surface area (Å²) in [5, 5.41) is 28.9. The van der Waals surface area contributed by atoms with Crippen molar-refractivity contribution in [3.05, 3.63) is 84.9 Å². The summed E-state index contributed by atoms with van der Waals surface area (Å²) in [7, 11) is -14.2. The number of ether oxygens (including phenoxy) is 1. The standard InChI is InChI=1S/C37H36N8O12S3/c1-4-37(2,3)33(47)57-18-17-38-34-41-35(39-23-11-13-24(14-12-23)58(48,49)50)43-36(42-34)40-29-20-25(59(51,52)53)19-22-10-15-27(31(46)30(22)29)44-45-28-16-9-21-7-5-6-8-26(21)32(28)60(54,55)56/h5-16,19-20,46H,4,17-18H2,1-3H3,(H,48,49,50)(H,51,52,53)(H,54,55,56)(H3,38,39,40,41,42,43)/b45-44+. The Kier molecular flexibility index (Phi) is 12.0. The maximum absolute atomic E-state index is 12.5. The van der Waals surface area contributed by atoms with Crippen LogP contribution in [0, 0.1) is 5.41 Å². The number of carbonyl (C=O) groups is 1. The molecule has 0 radical (unpaired) electrons. The lowest BCUT2D eigenvalue weighted by Crippen LogP contribution is -2.27. The number of aromatic hydroxyl groups is 1. The van der Waals surface area contributed by atoms with Gasteiger partial charge in [-0.05, 0) is 79.6 Å². The number of nitrogens with zero attached hydrogens (tertiary/aromatic N) is 5. The van der Waals surface area contributed by atoms with E-state index in [9.17, 15) is 48.8 Å². The highest BCUT2D eigenvalue weighted by atomic mass is 32.2. The lowest BCUT2D eigenvalue weighted by Gasteiger charge is -2.20. The van der Waals surface area contributed by atoms with Crippen LogP contribution in [0.4, 0.5) is 40.6 Å². The number of esters is 1. The highest BCUT2D eigenvalue weighted by Gasteiger charge is 2.27. The van der Waals surface area contributed by atoms with Gasteiger partial charge in [0.1, 0.15) is 22.9 Å². The van der Waals surface area contributed by atoms with Crippen LogP contribution in [0.15, 0.2) is 110 Å². The van der Waals surface area contributed by atoms with Crippen LogP contribution in [-0.2, 0) is 39.9 Å². The van der Waals surface area contributed by atoms with Crippen molar-refractivity contribution in [2.24, 2.45) is 15.6 Å². The molecular weight excluding hydrogens is 845 g/mol. The van der Waals surface area contributed by atoms with E-state index in [1.807, 2.05) is 6.92 Å². The van der Waals surface area contributed by atoms with Gasteiger partial charge in [-0.25, -0.2) is 0 Å². The summed E-state index contributed by atoms with van der Waals surface area (Å²) in [4.78, 5) is 23.9. The van der Waals surface area contributed by atoms with E-state index in [0.717, 1.165) is 24.3 Å². The number of benzene rings is 5. The molecule has 7 N–H and O–H groups in total. The first-order chi connectivity index (χ1) is 28.1. The first-order valence-electron chi connectivity index (χ1n) is 17.6. The lowest BCUT2D eigenvalue weighted by atomic mass is 9.91. The molecule has 0 fully saturated rings. The largest absolute Gasteiger partial charge is 0.505 e. The number of carbonyl (C=O) groups excluding carboxylic acids is 1. The fraction of sp³-hybridized carbons (Fsp3) is 0.189. The van der Waals surface area contributed by atoms with Crippen molar-refractivity contribution < 1.29 is 53.5 Å². The predicted molar refractivity (Wildman–Crippen MR) is 220 cm³/mol. The van der Waals surface area contributed by atoms with Crippen molar-refractivity contribution in [1.82, 2.24) is 15.0 Å². The first kappa shape index (κ1) is 43.2. The van der Waals surface area contributed by atoms with Gasteiger partial charge in [-0.15, -0.1) is 10.2 Å². The Morgan fingerprint density at radius 3 is 1.97 bits per heavy atom. The third-order valence-corrected chi connectivity index (χ3v) is 11.7. The molecule has 0 unspecified atom stereocenters. The monoisotopic (exact) mass is 880 g/mol. The number of anilines is 5. The van der Waals surface area contributed by atoms with Gasteiger partial charge in [0, 0.05) is 16.5 Å². The molecule has 6 aromatic rings. The molecule has 0 amide bonds. The molecule has 0 saturated heterocycles. The second kappa shape index (κ2) is 16.7. The van der Waals surface area contributed by atoms with Crippen LogP contribution in [0.2, 0.25) is 0 Å². The number of rotatable bonds is 15. The summed E-state index contributed by atoms with van der Waals surface area (Å²) >= 11 is 0. The fourth-order valence-electron chi connectivity index (χ4n) is 5.60. The van der Waals surface area contributed by atoms with Crippen LogP contribution in [-0.4, -0.2) is 78.1 Å². The van der Waals surface area contributed by atoms with Gasteiger partial charge in [-0.3, -0.25) is 18.5 Å². The molecule has 0 bridgehead atoms. The van der Waals surface area contributed by atoms with Gasteiger partial charge in [0.05, 0.1) is 27.4 Å². The highest BCUT2D eigenvalue weighted by molar-refractivity contribution is 7.86. The Morgan fingerprint density at radius 1 is 0.717 bits per heavy atom. The lowest BCUT2D eigenvalue weighted by molar-refractivity contribution is -0.153. The molecule has 23 heteroatoms. The van der Waals surface area contributed by atoms with Crippen LogP contribution < -0.4 is 16.0 Å². The molecule has 1 heterocycles. The smallest absolute Gasteiger partial charge is 0.311 e. The molecule has 314 valence electrons. The molecule has 6 rings (SSSR count). The van der Waals surface area contributed by atoms with Gasteiger partial charge in [0.15, 0.2) is 5.75 Å². The number of hydrogen-bond donors (Lipinski definition) is 7. The number of phenolic OH excluding ortho intramolecular Hbond substituents is 1. The minimum atomic E-state index is -4.84. The average Bonchev–Trinajstić information content (AvgIpc) is 3.17. The third kappa shape index (κ3) is 9.90. The van der Waals surface area contributed by atoms with Gasteiger partial charge in [-0.1, -0.05) is 43.3 Å². The SMILES string of the molecule is CCC(C)(C)C(=O)OCCNc1nc(Nc2ccc(S(=O)(=O)O)cc2)nc(Nc2cc(S(=O)(=O)O)cc3ccc(/N=N/c4ccc5ccccc5c4S(=O)(=O)O)c(O)c23)n1. The van der Waals surface area contributed by atoms with Crippen LogP contribution in [0.1, 0.15) is 27.2 Å². The van der Waals surface area contributed by atoms with Crippen LogP contribution >= 0.6 is 0 Å². The topological polar surface area (TPSA) is 309 Å². The van der Waals surface area contributed by atoms with Crippen LogP contribution in [0.5, 0.6) is 5.75 Å². The molecule has 0 saturated carbocycles. The third-order valence-electron chi connectivity index (χ3n) is 9.07. The van der Waals surface area contributed by atoms with Crippen molar-refractivity contribution in [2.45, 2.75) is 41.9 Å². The summed E-state index contributed by atoms with van der Waals surface area (Å²) in [6.45, 7) is 5.25. The second-order valence-electron chi connectivity index (χ2n) is 13.6. The summed E-state index contributed by atoms with van der Waals surface area (Å²) in [5.74, 6) is -1.55. The molecule has 1 aromatic heterocycles. The summed E-state index contributed by atoms with van der Waals surface area (Å²) in [6, 6.07) is 18.8. The van der Waals surface area contributed by atoms with E-state index in [1.165, 1.54) is 36.4 Å². The maximum Gasteiger partial charge on any atom is 0.311 e. The van der Waals surface area contributed by atoms with Crippen LogP contribution in [0.25, 0.3) is 21.5 Å². The minimum Gasteiger partial charge on any atom is -0.505 e.